The monoisotopic (exact) mass is 370 g/mol. The van der Waals surface area contributed by atoms with E-state index in [2.05, 4.69) is 10.1 Å². The number of amides is 1. The van der Waals surface area contributed by atoms with E-state index >= 15 is 0 Å². The average Bonchev–Trinajstić information content (AvgIpc) is 3.09. The third-order valence-corrected chi connectivity index (χ3v) is 4.84. The third-order valence-electron chi connectivity index (χ3n) is 4.84. The van der Waals surface area contributed by atoms with Gasteiger partial charge in [0.25, 0.3) is 5.91 Å². The van der Waals surface area contributed by atoms with Gasteiger partial charge in [0.2, 0.25) is 0 Å². The van der Waals surface area contributed by atoms with Gasteiger partial charge in [0.05, 0.1) is 16.6 Å². The van der Waals surface area contributed by atoms with Crippen LogP contribution in [0.1, 0.15) is 28.2 Å². The van der Waals surface area contributed by atoms with E-state index in [0.717, 1.165) is 4.90 Å². The Hall–Kier alpha value is -2.65. The molecule has 1 aliphatic rings. The van der Waals surface area contributed by atoms with Crippen LogP contribution >= 0.6 is 0 Å². The van der Waals surface area contributed by atoms with Gasteiger partial charge in [-0.2, -0.15) is 18.3 Å². The van der Waals surface area contributed by atoms with E-state index in [1.807, 2.05) is 0 Å². The number of likely N-dealkylation sites (tertiary alicyclic amines) is 1. The lowest BCUT2D eigenvalue weighted by Crippen LogP contribution is -2.47. The highest BCUT2D eigenvalue weighted by Crippen LogP contribution is 2.46. The molecule has 10 heteroatoms. The summed E-state index contributed by atoms with van der Waals surface area (Å²) in [5.74, 6) is -2.61. The summed E-state index contributed by atoms with van der Waals surface area (Å²) in [6.45, 7) is 2.15. The Morgan fingerprint density at radius 3 is 2.50 bits per heavy atom. The van der Waals surface area contributed by atoms with Gasteiger partial charge in [-0.05, 0) is 26.3 Å². The number of carbonyl (C=O) groups is 2. The van der Waals surface area contributed by atoms with Crippen molar-refractivity contribution in [2.45, 2.75) is 26.4 Å². The zero-order valence-corrected chi connectivity index (χ0v) is 14.4. The third kappa shape index (κ3) is 2.51. The highest BCUT2D eigenvalue weighted by atomic mass is 19.4. The van der Waals surface area contributed by atoms with Gasteiger partial charge in [0.15, 0.2) is 11.1 Å². The molecule has 2 aromatic heterocycles. The minimum Gasteiger partial charge on any atom is -0.481 e. The Labute approximate surface area is 146 Å². The summed E-state index contributed by atoms with van der Waals surface area (Å²) in [5, 5.41) is 13.8. The van der Waals surface area contributed by atoms with Gasteiger partial charge in [-0.15, -0.1) is 0 Å². The molecule has 7 nitrogen and oxygen atoms in total. The van der Waals surface area contributed by atoms with Crippen LogP contribution in [-0.4, -0.2) is 55.9 Å². The normalized spacial score (nSPS) is 20.8. The summed E-state index contributed by atoms with van der Waals surface area (Å²) >= 11 is 0. The lowest BCUT2D eigenvalue weighted by atomic mass is 9.86. The number of fused-ring (bicyclic) bond motifs is 1. The van der Waals surface area contributed by atoms with Crippen LogP contribution in [0.25, 0.3) is 11.0 Å². The molecule has 1 fully saturated rings. The second kappa shape index (κ2) is 5.68. The molecule has 26 heavy (non-hydrogen) atoms. The second-order valence-corrected chi connectivity index (χ2v) is 6.58. The summed E-state index contributed by atoms with van der Waals surface area (Å²) in [5.41, 5.74) is -1.26. The first-order valence-electron chi connectivity index (χ1n) is 7.88. The van der Waals surface area contributed by atoms with Crippen LogP contribution < -0.4 is 0 Å². The van der Waals surface area contributed by atoms with E-state index in [9.17, 15) is 22.8 Å². The van der Waals surface area contributed by atoms with Crippen molar-refractivity contribution >= 4 is 22.9 Å². The van der Waals surface area contributed by atoms with E-state index < -0.39 is 36.4 Å². The van der Waals surface area contributed by atoms with Gasteiger partial charge in [-0.25, -0.2) is 4.98 Å². The summed E-state index contributed by atoms with van der Waals surface area (Å²) in [4.78, 5) is 29.5. The number of hydrogen-bond acceptors (Lipinski definition) is 4. The van der Waals surface area contributed by atoms with Crippen LogP contribution in [0.15, 0.2) is 6.07 Å². The Bertz CT molecular complexity index is 922. The molecule has 0 saturated carbocycles. The second-order valence-electron chi connectivity index (χ2n) is 6.58. The van der Waals surface area contributed by atoms with Crippen LogP contribution in [0.5, 0.6) is 0 Å². The summed E-state index contributed by atoms with van der Waals surface area (Å²) in [6.07, 6.45) is -5.61. The fourth-order valence-electron chi connectivity index (χ4n) is 3.42. The molecule has 0 radical (unpaired) electrons. The lowest BCUT2D eigenvalue weighted by molar-refractivity contribution is -0.227. The molecular weight excluding hydrogens is 353 g/mol. The number of rotatable bonds is 2. The maximum atomic E-state index is 13.3. The quantitative estimate of drug-likeness (QED) is 0.874. The number of halogens is 3. The number of carboxylic acids is 1. The predicted molar refractivity (Wildman–Crippen MR) is 84.6 cm³/mol. The topological polar surface area (TPSA) is 88.3 Å². The van der Waals surface area contributed by atoms with Gasteiger partial charge in [-0.1, -0.05) is 0 Å². The van der Waals surface area contributed by atoms with E-state index in [0.29, 0.717) is 22.4 Å². The van der Waals surface area contributed by atoms with Crippen molar-refractivity contribution < 1.29 is 27.9 Å². The number of carboxylic acid groups (broad SMARTS) is 1. The predicted octanol–water partition coefficient (Wildman–Crippen LogP) is 2.06. The molecule has 1 aliphatic heterocycles. The number of carbonyl (C=O) groups excluding carboxylic acids is 1. The van der Waals surface area contributed by atoms with Crippen molar-refractivity contribution in [2.75, 3.05) is 13.1 Å². The lowest BCUT2D eigenvalue weighted by Gasteiger charge is -2.27. The Morgan fingerprint density at radius 1 is 1.31 bits per heavy atom. The van der Waals surface area contributed by atoms with Gasteiger partial charge >= 0.3 is 12.1 Å². The molecule has 3 heterocycles. The molecule has 0 spiro atoms. The van der Waals surface area contributed by atoms with E-state index in [-0.39, 0.29) is 12.1 Å². The van der Waals surface area contributed by atoms with Crippen LogP contribution in [-0.2, 0) is 11.8 Å². The minimum atomic E-state index is -4.94. The summed E-state index contributed by atoms with van der Waals surface area (Å²) in [7, 11) is 1.66. The van der Waals surface area contributed by atoms with Gasteiger partial charge in [0.1, 0.15) is 0 Å². The number of aryl methyl sites for hydroxylation is 3. The number of nitrogens with zero attached hydrogens (tertiary/aromatic N) is 4. The molecule has 2 aromatic rings. The number of pyridine rings is 1. The highest BCUT2D eigenvalue weighted by molar-refractivity contribution is 6.06. The molecule has 0 aromatic carbocycles. The van der Waals surface area contributed by atoms with Crippen LogP contribution in [0.2, 0.25) is 0 Å². The Balaban J connectivity index is 2.04. The Kier molecular flexibility index (Phi) is 3.97. The number of aliphatic carboxylic acids is 1. The SMILES string of the molecule is Cc1cc(C(=O)N2CCC(C(=O)O)(C(F)(F)F)C2)c2c(C)nn(C)c2n1. The zero-order chi connectivity index (χ0) is 19.4. The molecule has 0 aliphatic carbocycles. The van der Waals surface area contributed by atoms with Crippen molar-refractivity contribution in [3.8, 4) is 0 Å². The van der Waals surface area contributed by atoms with Crippen molar-refractivity contribution in [1.29, 1.82) is 0 Å². The van der Waals surface area contributed by atoms with Crippen molar-refractivity contribution in [3.05, 3.63) is 23.0 Å². The molecule has 1 amide bonds. The molecule has 3 rings (SSSR count). The largest absolute Gasteiger partial charge is 0.481 e. The van der Waals surface area contributed by atoms with Crippen LogP contribution in [0.4, 0.5) is 13.2 Å². The Morgan fingerprint density at radius 2 is 1.96 bits per heavy atom. The fraction of sp³-hybridized carbons (Fsp3) is 0.500. The number of alkyl halides is 3. The standard InChI is InChI=1S/C16H17F3N4O3/c1-8-6-10(11-9(2)21-22(3)12(11)20-8)13(24)23-5-4-15(7-23,14(25)26)16(17,18)19/h6H,4-5,7H2,1-3H3,(H,25,26). The first-order valence-corrected chi connectivity index (χ1v) is 7.88. The van der Waals surface area contributed by atoms with Crippen molar-refractivity contribution in [2.24, 2.45) is 12.5 Å². The maximum Gasteiger partial charge on any atom is 0.406 e. The zero-order valence-electron chi connectivity index (χ0n) is 14.4. The fourth-order valence-corrected chi connectivity index (χ4v) is 3.42. The smallest absolute Gasteiger partial charge is 0.406 e. The summed E-state index contributed by atoms with van der Waals surface area (Å²) < 4.78 is 41.5. The molecular formula is C16H17F3N4O3. The molecule has 140 valence electrons. The average molecular weight is 370 g/mol. The number of hydrogen-bond donors (Lipinski definition) is 1. The molecule has 0 bridgehead atoms. The van der Waals surface area contributed by atoms with Crippen LogP contribution in [0, 0.1) is 19.3 Å². The first-order chi connectivity index (χ1) is 12.0. The van der Waals surface area contributed by atoms with Crippen molar-refractivity contribution in [3.63, 3.8) is 0 Å². The van der Waals surface area contributed by atoms with E-state index in [1.165, 1.54) is 10.7 Å². The first kappa shape index (κ1) is 18.2. The van der Waals surface area contributed by atoms with Gasteiger partial charge in [-0.3, -0.25) is 14.3 Å². The van der Waals surface area contributed by atoms with Crippen molar-refractivity contribution in [1.82, 2.24) is 19.7 Å². The van der Waals surface area contributed by atoms with Crippen LogP contribution in [0.3, 0.4) is 0 Å². The molecule has 1 unspecified atom stereocenters. The highest BCUT2D eigenvalue weighted by Gasteiger charge is 2.64. The van der Waals surface area contributed by atoms with E-state index in [4.69, 9.17) is 5.11 Å². The molecule has 1 N–H and O–H groups in total. The molecule has 1 atom stereocenters. The minimum absolute atomic E-state index is 0.182. The summed E-state index contributed by atoms with van der Waals surface area (Å²) in [6, 6.07) is 1.49. The number of aromatic nitrogens is 3. The maximum absolute atomic E-state index is 13.3. The molecule has 1 saturated heterocycles. The van der Waals surface area contributed by atoms with Gasteiger partial charge in [0, 0.05) is 25.8 Å². The van der Waals surface area contributed by atoms with Gasteiger partial charge < -0.3 is 10.0 Å². The van der Waals surface area contributed by atoms with E-state index in [1.54, 1.807) is 20.9 Å².